The van der Waals surface area contributed by atoms with Crippen LogP contribution in [0.15, 0.2) is 30.3 Å². The number of hydrogen-bond donors (Lipinski definition) is 1. The first-order valence-corrected chi connectivity index (χ1v) is 9.95. The molecule has 1 aliphatic rings. The van der Waals surface area contributed by atoms with Crippen LogP contribution in [0.1, 0.15) is 22.8 Å². The summed E-state index contributed by atoms with van der Waals surface area (Å²) >= 11 is 12.0. The number of morpholine rings is 1. The van der Waals surface area contributed by atoms with Crippen molar-refractivity contribution in [3.8, 4) is 5.75 Å². The van der Waals surface area contributed by atoms with E-state index in [9.17, 15) is 9.50 Å². The molecule has 152 valence electrons. The number of nitrogens with zero attached hydrogens (tertiary/aromatic N) is 1. The van der Waals surface area contributed by atoms with Gasteiger partial charge in [0, 0.05) is 30.2 Å². The number of hydrogen-bond acceptors (Lipinski definition) is 4. The number of rotatable bonds is 6. The monoisotopic (exact) mass is 427 g/mol. The van der Waals surface area contributed by atoms with Crippen LogP contribution >= 0.6 is 23.2 Å². The Balaban J connectivity index is 1.55. The Morgan fingerprint density at radius 2 is 2.00 bits per heavy atom. The summed E-state index contributed by atoms with van der Waals surface area (Å²) in [5.74, 6) is 0.217. The predicted molar refractivity (Wildman–Crippen MR) is 109 cm³/mol. The summed E-state index contributed by atoms with van der Waals surface area (Å²) in [5.41, 5.74) is 2.91. The SMILES string of the molecule is Cc1ccc(OCC(O)CN2CCOC(c3cc(F)c(Cl)cc3Cl)C2)cc1C. The van der Waals surface area contributed by atoms with Gasteiger partial charge in [0.05, 0.1) is 17.7 Å². The number of halogens is 3. The lowest BCUT2D eigenvalue weighted by atomic mass is 10.1. The van der Waals surface area contributed by atoms with Gasteiger partial charge in [0.2, 0.25) is 0 Å². The zero-order valence-corrected chi connectivity index (χ0v) is 17.4. The Hall–Kier alpha value is -1.37. The highest BCUT2D eigenvalue weighted by Gasteiger charge is 2.26. The Kier molecular flexibility index (Phi) is 7.18. The van der Waals surface area contributed by atoms with Crippen LogP contribution in [0.3, 0.4) is 0 Å². The summed E-state index contributed by atoms with van der Waals surface area (Å²) in [5, 5.41) is 10.7. The predicted octanol–water partition coefficient (Wildman–Crippen LogP) is 4.56. The molecule has 0 aliphatic carbocycles. The number of benzene rings is 2. The summed E-state index contributed by atoms with van der Waals surface area (Å²) in [6.07, 6.45) is -1.03. The number of aliphatic hydroxyl groups excluding tert-OH is 1. The fraction of sp³-hybridized carbons (Fsp3) is 0.429. The molecule has 0 aromatic heterocycles. The third-order valence-electron chi connectivity index (χ3n) is 4.93. The molecule has 4 nitrogen and oxygen atoms in total. The van der Waals surface area contributed by atoms with E-state index >= 15 is 0 Å². The molecule has 7 heteroatoms. The highest BCUT2D eigenvalue weighted by atomic mass is 35.5. The van der Waals surface area contributed by atoms with Gasteiger partial charge in [0.15, 0.2) is 0 Å². The van der Waals surface area contributed by atoms with E-state index in [2.05, 4.69) is 4.90 Å². The van der Waals surface area contributed by atoms with Gasteiger partial charge >= 0.3 is 0 Å². The zero-order chi connectivity index (χ0) is 20.3. The quantitative estimate of drug-likeness (QED) is 0.685. The Morgan fingerprint density at radius 1 is 1.21 bits per heavy atom. The molecule has 28 heavy (non-hydrogen) atoms. The summed E-state index contributed by atoms with van der Waals surface area (Å²) in [7, 11) is 0. The minimum atomic E-state index is -0.655. The largest absolute Gasteiger partial charge is 0.491 e. The van der Waals surface area contributed by atoms with Gasteiger partial charge < -0.3 is 14.6 Å². The number of ether oxygens (including phenoxy) is 2. The van der Waals surface area contributed by atoms with Gasteiger partial charge in [-0.15, -0.1) is 0 Å². The van der Waals surface area contributed by atoms with Gasteiger partial charge in [-0.3, -0.25) is 4.90 Å². The Morgan fingerprint density at radius 3 is 2.75 bits per heavy atom. The molecule has 0 amide bonds. The van der Waals surface area contributed by atoms with Gasteiger partial charge in [0.25, 0.3) is 0 Å². The molecule has 1 N–H and O–H groups in total. The highest BCUT2D eigenvalue weighted by Crippen LogP contribution is 2.32. The molecule has 0 spiro atoms. The fourth-order valence-electron chi connectivity index (χ4n) is 3.19. The van der Waals surface area contributed by atoms with E-state index in [1.54, 1.807) is 0 Å². The summed E-state index contributed by atoms with van der Waals surface area (Å²) < 4.78 is 25.3. The second-order valence-corrected chi connectivity index (χ2v) is 7.93. The second-order valence-electron chi connectivity index (χ2n) is 7.12. The smallest absolute Gasteiger partial charge is 0.142 e. The van der Waals surface area contributed by atoms with Gasteiger partial charge in [-0.1, -0.05) is 29.3 Å². The van der Waals surface area contributed by atoms with Gasteiger partial charge in [0.1, 0.15) is 24.3 Å². The molecule has 3 rings (SSSR count). The first-order chi connectivity index (χ1) is 13.3. The van der Waals surface area contributed by atoms with Crippen LogP contribution in [-0.4, -0.2) is 49.0 Å². The van der Waals surface area contributed by atoms with Crippen LogP contribution in [0.2, 0.25) is 10.0 Å². The molecule has 1 fully saturated rings. The maximum absolute atomic E-state index is 13.8. The molecule has 0 radical (unpaired) electrons. The number of β-amino-alcohol motifs (C(OH)–C–C–N with tert-alkyl or cyclic N) is 1. The van der Waals surface area contributed by atoms with Crippen molar-refractivity contribution in [3.63, 3.8) is 0 Å². The molecule has 2 aromatic rings. The average molecular weight is 428 g/mol. The second kappa shape index (κ2) is 9.42. The van der Waals surface area contributed by atoms with Crippen LogP contribution in [0.4, 0.5) is 4.39 Å². The van der Waals surface area contributed by atoms with E-state index in [0.29, 0.717) is 36.8 Å². The van der Waals surface area contributed by atoms with Crippen molar-refractivity contribution < 1.29 is 19.0 Å². The van der Waals surface area contributed by atoms with Crippen molar-refractivity contribution in [2.45, 2.75) is 26.1 Å². The maximum atomic E-state index is 13.8. The van der Waals surface area contributed by atoms with Crippen molar-refractivity contribution in [2.75, 3.05) is 32.8 Å². The van der Waals surface area contributed by atoms with Crippen molar-refractivity contribution in [3.05, 3.63) is 62.9 Å². The molecule has 1 heterocycles. The van der Waals surface area contributed by atoms with Crippen molar-refractivity contribution in [1.29, 1.82) is 0 Å². The van der Waals surface area contributed by atoms with E-state index < -0.39 is 11.9 Å². The molecular weight excluding hydrogens is 404 g/mol. The minimum absolute atomic E-state index is 0.0136. The van der Waals surface area contributed by atoms with E-state index in [0.717, 1.165) is 11.3 Å². The number of aryl methyl sites for hydroxylation is 2. The summed E-state index contributed by atoms with van der Waals surface area (Å²) in [6, 6.07) is 8.57. The highest BCUT2D eigenvalue weighted by molar-refractivity contribution is 6.35. The minimum Gasteiger partial charge on any atom is -0.491 e. The molecule has 2 atom stereocenters. The number of aliphatic hydroxyl groups is 1. The van der Waals surface area contributed by atoms with Crippen molar-refractivity contribution in [2.24, 2.45) is 0 Å². The Bertz CT molecular complexity index is 834. The molecule has 1 aliphatic heterocycles. The van der Waals surface area contributed by atoms with E-state index in [1.165, 1.54) is 17.7 Å². The lowest BCUT2D eigenvalue weighted by Crippen LogP contribution is -2.43. The zero-order valence-electron chi connectivity index (χ0n) is 15.9. The van der Waals surface area contributed by atoms with Gasteiger partial charge in [-0.05, 0) is 49.2 Å². The third kappa shape index (κ3) is 5.37. The normalized spacial score (nSPS) is 18.9. The maximum Gasteiger partial charge on any atom is 0.142 e. The summed E-state index contributed by atoms with van der Waals surface area (Å²) in [6.45, 7) is 6.33. The molecule has 2 aromatic carbocycles. The molecule has 0 saturated carbocycles. The van der Waals surface area contributed by atoms with Crippen LogP contribution in [0, 0.1) is 19.7 Å². The van der Waals surface area contributed by atoms with Crippen LogP contribution < -0.4 is 4.74 Å². The van der Waals surface area contributed by atoms with Crippen LogP contribution in [0.5, 0.6) is 5.75 Å². The third-order valence-corrected chi connectivity index (χ3v) is 5.54. The Labute approximate surface area is 174 Å². The van der Waals surface area contributed by atoms with E-state index in [-0.39, 0.29) is 17.7 Å². The first-order valence-electron chi connectivity index (χ1n) is 9.20. The van der Waals surface area contributed by atoms with Crippen LogP contribution in [0.25, 0.3) is 0 Å². The molecule has 2 unspecified atom stereocenters. The van der Waals surface area contributed by atoms with Gasteiger partial charge in [-0.25, -0.2) is 4.39 Å². The molecule has 1 saturated heterocycles. The topological polar surface area (TPSA) is 41.9 Å². The average Bonchev–Trinajstić information content (AvgIpc) is 2.66. The lowest BCUT2D eigenvalue weighted by Gasteiger charge is -2.34. The lowest BCUT2D eigenvalue weighted by molar-refractivity contribution is -0.0460. The van der Waals surface area contributed by atoms with Gasteiger partial charge in [-0.2, -0.15) is 0 Å². The van der Waals surface area contributed by atoms with E-state index in [4.69, 9.17) is 32.7 Å². The van der Waals surface area contributed by atoms with E-state index in [1.807, 2.05) is 32.0 Å². The fourth-order valence-corrected chi connectivity index (χ4v) is 3.69. The molecule has 0 bridgehead atoms. The molecular formula is C21H24Cl2FNO3. The van der Waals surface area contributed by atoms with Crippen LogP contribution in [-0.2, 0) is 4.74 Å². The van der Waals surface area contributed by atoms with Crippen molar-refractivity contribution >= 4 is 23.2 Å². The summed E-state index contributed by atoms with van der Waals surface area (Å²) in [4.78, 5) is 2.06. The van der Waals surface area contributed by atoms with Crippen molar-refractivity contribution in [1.82, 2.24) is 4.90 Å². The standard InChI is InChI=1S/C21H24Cl2FNO3/c1-13-3-4-16(7-14(13)2)28-12-15(26)10-25-5-6-27-21(11-25)17-8-20(24)19(23)9-18(17)22/h3-4,7-9,15,21,26H,5-6,10-12H2,1-2H3. The first kappa shape index (κ1) is 21.3.